The molecule has 1 aromatic rings. The van der Waals surface area contributed by atoms with Crippen LogP contribution in [0.3, 0.4) is 0 Å². The average molecular weight is 332 g/mol. The molecule has 132 valence electrons. The summed E-state index contributed by atoms with van der Waals surface area (Å²) in [5.41, 5.74) is 1.19. The van der Waals surface area contributed by atoms with Gasteiger partial charge in [-0.15, -0.1) is 0 Å². The molecule has 2 aliphatic rings. The van der Waals surface area contributed by atoms with Gasteiger partial charge in [0.15, 0.2) is 0 Å². The second-order valence-electron chi connectivity index (χ2n) is 7.04. The summed E-state index contributed by atoms with van der Waals surface area (Å²) in [6.07, 6.45) is 5.12. The van der Waals surface area contributed by atoms with Gasteiger partial charge in [-0.1, -0.05) is 43.2 Å². The molecule has 2 unspecified atom stereocenters. The molecular formula is C19H28N2O3. The van der Waals surface area contributed by atoms with E-state index in [0.29, 0.717) is 6.54 Å². The normalized spacial score (nSPS) is 26.5. The summed E-state index contributed by atoms with van der Waals surface area (Å²) in [7, 11) is 0. The van der Waals surface area contributed by atoms with Crippen molar-refractivity contribution in [2.45, 2.75) is 56.1 Å². The Balaban J connectivity index is 1.60. The van der Waals surface area contributed by atoms with Crippen LogP contribution in [0.15, 0.2) is 30.3 Å². The maximum atomic E-state index is 12.3. The van der Waals surface area contributed by atoms with Crippen molar-refractivity contribution in [2.24, 2.45) is 0 Å². The predicted molar refractivity (Wildman–Crippen MR) is 93.0 cm³/mol. The van der Waals surface area contributed by atoms with Gasteiger partial charge in [-0.3, -0.25) is 0 Å². The molecular weight excluding hydrogens is 304 g/mol. The van der Waals surface area contributed by atoms with Crippen LogP contribution in [0.5, 0.6) is 0 Å². The largest absolute Gasteiger partial charge is 0.391 e. The first-order valence-electron chi connectivity index (χ1n) is 9.05. The van der Waals surface area contributed by atoms with E-state index < -0.39 is 6.10 Å². The van der Waals surface area contributed by atoms with Crippen LogP contribution in [0, 0.1) is 0 Å². The molecule has 1 aliphatic heterocycles. The molecule has 2 atom stereocenters. The van der Waals surface area contributed by atoms with Gasteiger partial charge < -0.3 is 20.5 Å². The van der Waals surface area contributed by atoms with Gasteiger partial charge in [0.05, 0.1) is 12.1 Å². The molecule has 1 aromatic carbocycles. The lowest BCUT2D eigenvalue weighted by atomic mass is 9.74. The second-order valence-corrected chi connectivity index (χ2v) is 7.04. The molecule has 1 aliphatic carbocycles. The average Bonchev–Trinajstić information content (AvgIpc) is 2.63. The highest BCUT2D eigenvalue weighted by Gasteiger charge is 2.35. The Hall–Kier alpha value is -1.59. The SMILES string of the molecule is O=C(NCC1(c2ccccc2)CCOCC1)NC1CCCCC1O. The van der Waals surface area contributed by atoms with Crippen LogP contribution in [0.1, 0.15) is 44.1 Å². The number of benzene rings is 1. The molecule has 2 fully saturated rings. The molecule has 24 heavy (non-hydrogen) atoms. The van der Waals surface area contributed by atoms with E-state index in [0.717, 1.165) is 51.7 Å². The van der Waals surface area contributed by atoms with E-state index in [2.05, 4.69) is 22.8 Å². The molecule has 0 aromatic heterocycles. The molecule has 0 spiro atoms. The van der Waals surface area contributed by atoms with Gasteiger partial charge in [-0.25, -0.2) is 4.79 Å². The van der Waals surface area contributed by atoms with Crippen molar-refractivity contribution in [1.82, 2.24) is 10.6 Å². The Morgan fingerprint density at radius 1 is 1.17 bits per heavy atom. The number of aliphatic hydroxyl groups excluding tert-OH is 1. The minimum atomic E-state index is -0.421. The first-order valence-corrected chi connectivity index (χ1v) is 9.05. The number of ether oxygens (including phenoxy) is 1. The number of rotatable bonds is 4. The van der Waals surface area contributed by atoms with E-state index in [9.17, 15) is 9.90 Å². The molecule has 5 heteroatoms. The lowest BCUT2D eigenvalue weighted by Crippen LogP contribution is -2.52. The van der Waals surface area contributed by atoms with Crippen molar-refractivity contribution in [1.29, 1.82) is 0 Å². The van der Waals surface area contributed by atoms with Crippen LogP contribution >= 0.6 is 0 Å². The number of amides is 2. The first-order chi connectivity index (χ1) is 11.7. The highest BCUT2D eigenvalue weighted by atomic mass is 16.5. The molecule has 5 nitrogen and oxygen atoms in total. The summed E-state index contributed by atoms with van der Waals surface area (Å²) in [6.45, 7) is 2.04. The van der Waals surface area contributed by atoms with Crippen LogP contribution in [-0.2, 0) is 10.2 Å². The number of hydrogen-bond donors (Lipinski definition) is 3. The van der Waals surface area contributed by atoms with Gasteiger partial charge in [-0.2, -0.15) is 0 Å². The lowest BCUT2D eigenvalue weighted by Gasteiger charge is -2.38. The van der Waals surface area contributed by atoms with E-state index in [-0.39, 0.29) is 17.5 Å². The van der Waals surface area contributed by atoms with E-state index in [1.807, 2.05) is 18.2 Å². The van der Waals surface area contributed by atoms with Gasteiger partial charge in [0, 0.05) is 25.2 Å². The highest BCUT2D eigenvalue weighted by Crippen LogP contribution is 2.34. The summed E-state index contributed by atoms with van der Waals surface area (Å²) in [5.74, 6) is 0. The number of hydrogen-bond acceptors (Lipinski definition) is 3. The number of carbonyl (C=O) groups excluding carboxylic acids is 1. The van der Waals surface area contributed by atoms with Gasteiger partial charge >= 0.3 is 6.03 Å². The Bertz CT molecular complexity index is 529. The number of nitrogens with one attached hydrogen (secondary N) is 2. The topological polar surface area (TPSA) is 70.6 Å². The maximum absolute atomic E-state index is 12.3. The van der Waals surface area contributed by atoms with E-state index in [1.54, 1.807) is 0 Å². The Kier molecular flexibility index (Phi) is 5.74. The summed E-state index contributed by atoms with van der Waals surface area (Å²) >= 11 is 0. The maximum Gasteiger partial charge on any atom is 0.315 e. The molecule has 3 N–H and O–H groups in total. The third-order valence-electron chi connectivity index (χ3n) is 5.47. The zero-order chi connectivity index (χ0) is 16.8. The van der Waals surface area contributed by atoms with Crippen LogP contribution < -0.4 is 10.6 Å². The Morgan fingerprint density at radius 2 is 1.88 bits per heavy atom. The molecule has 1 saturated heterocycles. The van der Waals surface area contributed by atoms with Crippen molar-refractivity contribution in [3.05, 3.63) is 35.9 Å². The van der Waals surface area contributed by atoms with Gasteiger partial charge in [0.25, 0.3) is 0 Å². The molecule has 0 bridgehead atoms. The zero-order valence-electron chi connectivity index (χ0n) is 14.2. The third kappa shape index (κ3) is 4.08. The van der Waals surface area contributed by atoms with Crippen LogP contribution in [0.4, 0.5) is 4.79 Å². The fourth-order valence-electron chi connectivity index (χ4n) is 3.87. The minimum Gasteiger partial charge on any atom is -0.391 e. The van der Waals surface area contributed by atoms with E-state index in [1.165, 1.54) is 5.56 Å². The molecule has 3 rings (SSSR count). The number of carbonyl (C=O) groups is 1. The van der Waals surface area contributed by atoms with Crippen molar-refractivity contribution in [3.63, 3.8) is 0 Å². The van der Waals surface area contributed by atoms with Crippen molar-refractivity contribution in [2.75, 3.05) is 19.8 Å². The van der Waals surface area contributed by atoms with Crippen molar-refractivity contribution < 1.29 is 14.6 Å². The van der Waals surface area contributed by atoms with Crippen molar-refractivity contribution >= 4 is 6.03 Å². The smallest absolute Gasteiger partial charge is 0.315 e. The summed E-state index contributed by atoms with van der Waals surface area (Å²) in [5, 5.41) is 16.0. The highest BCUT2D eigenvalue weighted by molar-refractivity contribution is 5.74. The summed E-state index contributed by atoms with van der Waals surface area (Å²) < 4.78 is 5.53. The molecule has 0 radical (unpaired) electrons. The second kappa shape index (κ2) is 7.99. The van der Waals surface area contributed by atoms with Crippen molar-refractivity contribution in [3.8, 4) is 0 Å². The van der Waals surface area contributed by atoms with Gasteiger partial charge in [0.1, 0.15) is 0 Å². The standard InChI is InChI=1S/C19H28N2O3/c22-17-9-5-4-8-16(17)21-18(23)20-14-19(10-12-24-13-11-19)15-6-2-1-3-7-15/h1-3,6-7,16-17,22H,4-5,8-14H2,(H2,20,21,23). The van der Waals surface area contributed by atoms with Crippen LogP contribution in [-0.4, -0.2) is 43.0 Å². The summed E-state index contributed by atoms with van der Waals surface area (Å²) in [4.78, 5) is 12.3. The zero-order valence-corrected chi connectivity index (χ0v) is 14.2. The van der Waals surface area contributed by atoms with Crippen LogP contribution in [0.25, 0.3) is 0 Å². The third-order valence-corrected chi connectivity index (χ3v) is 5.47. The minimum absolute atomic E-state index is 0.0674. The Labute approximate surface area is 143 Å². The predicted octanol–water partition coefficient (Wildman–Crippen LogP) is 2.34. The van der Waals surface area contributed by atoms with E-state index >= 15 is 0 Å². The fourth-order valence-corrected chi connectivity index (χ4v) is 3.87. The molecule has 1 saturated carbocycles. The number of aliphatic hydroxyl groups is 1. The Morgan fingerprint density at radius 3 is 2.58 bits per heavy atom. The van der Waals surface area contributed by atoms with Gasteiger partial charge in [-0.05, 0) is 31.2 Å². The fraction of sp³-hybridized carbons (Fsp3) is 0.632. The first kappa shape index (κ1) is 17.2. The molecule has 1 heterocycles. The van der Waals surface area contributed by atoms with Crippen LogP contribution in [0.2, 0.25) is 0 Å². The monoisotopic (exact) mass is 332 g/mol. The van der Waals surface area contributed by atoms with E-state index in [4.69, 9.17) is 4.74 Å². The molecule has 2 amide bonds. The quantitative estimate of drug-likeness (QED) is 0.792. The lowest BCUT2D eigenvalue weighted by molar-refractivity contribution is 0.0503. The number of urea groups is 1. The summed E-state index contributed by atoms with van der Waals surface area (Å²) in [6, 6.07) is 10.1. The van der Waals surface area contributed by atoms with Gasteiger partial charge in [0.2, 0.25) is 0 Å².